The Labute approximate surface area is 117 Å². The van der Waals surface area contributed by atoms with Gasteiger partial charge in [-0.3, -0.25) is 4.79 Å². The minimum absolute atomic E-state index is 0.220. The first kappa shape index (κ1) is 15.1. The zero-order chi connectivity index (χ0) is 14.3. The molecule has 2 aliphatic rings. The summed E-state index contributed by atoms with van der Waals surface area (Å²) in [5.41, 5.74) is 0. The molecule has 2 rings (SSSR count). The summed E-state index contributed by atoms with van der Waals surface area (Å²) in [5.74, 6) is -1.75. The highest BCUT2D eigenvalue weighted by atomic mass is 32.2. The predicted molar refractivity (Wildman–Crippen MR) is 68.8 cm³/mol. The molecule has 0 aliphatic carbocycles. The maximum atomic E-state index is 11.7. The van der Waals surface area contributed by atoms with Gasteiger partial charge in [0.1, 0.15) is 11.4 Å². The van der Waals surface area contributed by atoms with Crippen LogP contribution in [0.15, 0.2) is 0 Å². The Balaban J connectivity index is 2.24. The molecule has 0 amide bonds. The van der Waals surface area contributed by atoms with E-state index in [2.05, 4.69) is 0 Å². The molecule has 2 saturated heterocycles. The number of thioether (sulfide) groups is 1. The fraction of sp³-hybridized carbons (Fsp3) is 0.917. The van der Waals surface area contributed by atoms with Crippen molar-refractivity contribution < 1.29 is 28.5 Å². The molecule has 2 aliphatic heterocycles. The molecule has 0 aromatic rings. The molecule has 0 aromatic carbocycles. The van der Waals surface area contributed by atoms with Crippen LogP contribution < -0.4 is 0 Å². The summed E-state index contributed by atoms with van der Waals surface area (Å²) in [6.07, 6.45) is -0.618. The minimum atomic E-state index is -1.08. The van der Waals surface area contributed by atoms with Crippen LogP contribution in [-0.4, -0.2) is 62.1 Å². The van der Waals surface area contributed by atoms with Gasteiger partial charge >= 0.3 is 5.97 Å². The Morgan fingerprint density at radius 2 is 1.74 bits per heavy atom. The summed E-state index contributed by atoms with van der Waals surface area (Å²) in [6, 6.07) is 0. The Kier molecular flexibility index (Phi) is 4.13. The zero-order valence-corrected chi connectivity index (χ0v) is 12.6. The van der Waals surface area contributed by atoms with Gasteiger partial charge in [0.15, 0.2) is 0 Å². The van der Waals surface area contributed by atoms with E-state index in [-0.39, 0.29) is 12.1 Å². The Hall–Kier alpha value is -0.340. The monoisotopic (exact) mass is 292 g/mol. The summed E-state index contributed by atoms with van der Waals surface area (Å²) in [4.78, 5) is 11.7. The van der Waals surface area contributed by atoms with Gasteiger partial charge in [-0.2, -0.15) is 0 Å². The number of carbonyl (C=O) groups is 1. The van der Waals surface area contributed by atoms with Crippen LogP contribution in [0.3, 0.4) is 0 Å². The second-order valence-electron chi connectivity index (χ2n) is 4.82. The molecule has 7 heteroatoms. The predicted octanol–water partition coefficient (Wildman–Crippen LogP) is 0.784. The number of methoxy groups -OCH3 is 3. The van der Waals surface area contributed by atoms with Gasteiger partial charge in [0.2, 0.25) is 11.6 Å². The van der Waals surface area contributed by atoms with Crippen LogP contribution >= 0.6 is 11.8 Å². The lowest BCUT2D eigenvalue weighted by molar-refractivity contribution is -0.443. The van der Waals surface area contributed by atoms with Crippen LogP contribution in [0, 0.1) is 0 Å². The van der Waals surface area contributed by atoms with Crippen molar-refractivity contribution in [3.8, 4) is 0 Å². The van der Waals surface area contributed by atoms with Gasteiger partial charge in [-0.25, -0.2) is 0 Å². The third-order valence-corrected chi connectivity index (χ3v) is 5.22. The topological polar surface area (TPSA) is 63.2 Å². The number of hydrogen-bond donors (Lipinski definition) is 0. The SMILES string of the molecule is COC(=O)[C@H]1SC[C@@H]2O[C@@](C)(OC)[C@](C)(OC)O[C@H]21. The van der Waals surface area contributed by atoms with Gasteiger partial charge < -0.3 is 23.7 Å². The van der Waals surface area contributed by atoms with Crippen LogP contribution in [0.5, 0.6) is 0 Å². The number of esters is 1. The molecule has 0 radical (unpaired) electrons. The number of hydrogen-bond acceptors (Lipinski definition) is 7. The quantitative estimate of drug-likeness (QED) is 0.712. The lowest BCUT2D eigenvalue weighted by atomic mass is 10.0. The van der Waals surface area contributed by atoms with Crippen molar-refractivity contribution >= 4 is 17.7 Å². The van der Waals surface area contributed by atoms with Crippen molar-refractivity contribution in [2.75, 3.05) is 27.1 Å². The first-order valence-corrected chi connectivity index (χ1v) is 7.11. The third kappa shape index (κ3) is 2.27. The molecule has 0 aromatic heterocycles. The van der Waals surface area contributed by atoms with Crippen molar-refractivity contribution in [2.24, 2.45) is 0 Å². The van der Waals surface area contributed by atoms with Crippen molar-refractivity contribution in [3.63, 3.8) is 0 Å². The number of ether oxygens (including phenoxy) is 5. The van der Waals surface area contributed by atoms with E-state index in [9.17, 15) is 4.79 Å². The Morgan fingerprint density at radius 3 is 2.26 bits per heavy atom. The normalized spacial score (nSPS) is 45.8. The fourth-order valence-electron chi connectivity index (χ4n) is 2.37. The van der Waals surface area contributed by atoms with E-state index >= 15 is 0 Å². The van der Waals surface area contributed by atoms with Crippen molar-refractivity contribution in [3.05, 3.63) is 0 Å². The fourth-order valence-corrected chi connectivity index (χ4v) is 3.68. The number of fused-ring (bicyclic) bond motifs is 1. The van der Waals surface area contributed by atoms with E-state index in [0.717, 1.165) is 0 Å². The minimum Gasteiger partial charge on any atom is -0.468 e. The molecule has 0 spiro atoms. The average molecular weight is 292 g/mol. The molecule has 5 atom stereocenters. The molecular weight excluding hydrogens is 272 g/mol. The van der Waals surface area contributed by atoms with Crippen molar-refractivity contribution in [1.82, 2.24) is 0 Å². The number of carbonyl (C=O) groups excluding carboxylic acids is 1. The second kappa shape index (κ2) is 5.21. The molecule has 19 heavy (non-hydrogen) atoms. The first-order valence-electron chi connectivity index (χ1n) is 6.06. The molecule has 0 unspecified atom stereocenters. The summed E-state index contributed by atoms with van der Waals surface area (Å²) in [7, 11) is 4.44. The highest BCUT2D eigenvalue weighted by Crippen LogP contribution is 2.45. The van der Waals surface area contributed by atoms with E-state index in [4.69, 9.17) is 23.7 Å². The van der Waals surface area contributed by atoms with Crippen LogP contribution in [0.2, 0.25) is 0 Å². The van der Waals surface area contributed by atoms with E-state index in [1.807, 2.05) is 0 Å². The van der Waals surface area contributed by atoms with E-state index in [0.29, 0.717) is 5.75 Å². The Bertz CT molecular complexity index is 364. The van der Waals surface area contributed by atoms with Crippen LogP contribution in [0.1, 0.15) is 13.8 Å². The smallest absolute Gasteiger partial charge is 0.321 e. The molecule has 0 saturated carbocycles. The molecule has 2 heterocycles. The van der Waals surface area contributed by atoms with E-state index in [1.165, 1.54) is 26.0 Å². The van der Waals surface area contributed by atoms with Crippen LogP contribution in [0.25, 0.3) is 0 Å². The molecule has 2 fully saturated rings. The van der Waals surface area contributed by atoms with Crippen molar-refractivity contribution in [2.45, 2.75) is 42.9 Å². The van der Waals surface area contributed by atoms with Gasteiger partial charge in [-0.1, -0.05) is 0 Å². The van der Waals surface area contributed by atoms with E-state index < -0.39 is 22.9 Å². The summed E-state index contributed by atoms with van der Waals surface area (Å²) in [6.45, 7) is 3.51. The summed E-state index contributed by atoms with van der Waals surface area (Å²) >= 11 is 1.47. The molecule has 6 nitrogen and oxygen atoms in total. The second-order valence-corrected chi connectivity index (χ2v) is 5.99. The van der Waals surface area contributed by atoms with E-state index in [1.54, 1.807) is 21.0 Å². The number of rotatable bonds is 3. The molecule has 0 N–H and O–H groups in total. The average Bonchev–Trinajstić information content (AvgIpc) is 2.80. The summed E-state index contributed by atoms with van der Waals surface area (Å²) in [5, 5.41) is -0.397. The van der Waals surface area contributed by atoms with Crippen LogP contribution in [-0.2, 0) is 28.5 Å². The Morgan fingerprint density at radius 1 is 1.16 bits per heavy atom. The zero-order valence-electron chi connectivity index (χ0n) is 11.8. The van der Waals surface area contributed by atoms with Gasteiger partial charge in [0.05, 0.1) is 13.2 Å². The highest BCUT2D eigenvalue weighted by Gasteiger charge is 2.61. The van der Waals surface area contributed by atoms with Gasteiger partial charge in [-0.15, -0.1) is 11.8 Å². The van der Waals surface area contributed by atoms with Gasteiger partial charge in [0, 0.05) is 20.0 Å². The lowest BCUT2D eigenvalue weighted by Crippen LogP contribution is -2.66. The van der Waals surface area contributed by atoms with Crippen molar-refractivity contribution in [1.29, 1.82) is 0 Å². The van der Waals surface area contributed by atoms with Crippen LogP contribution in [0.4, 0.5) is 0 Å². The molecular formula is C12H20O6S. The maximum absolute atomic E-state index is 11.7. The molecule has 0 bridgehead atoms. The third-order valence-electron chi connectivity index (χ3n) is 3.88. The first-order chi connectivity index (χ1) is 8.90. The lowest BCUT2D eigenvalue weighted by Gasteiger charge is -2.50. The van der Waals surface area contributed by atoms with Gasteiger partial charge in [-0.05, 0) is 13.8 Å². The molecule has 110 valence electrons. The largest absolute Gasteiger partial charge is 0.468 e. The standard InChI is InChI=1S/C12H20O6S/c1-11(15-4)12(2,16-5)18-8-7(17-11)6-19-9(8)10(13)14-3/h7-9H,6H2,1-5H3/t7-,8+,9-,11+,12+/m0/s1. The maximum Gasteiger partial charge on any atom is 0.321 e. The summed E-state index contributed by atoms with van der Waals surface area (Å²) < 4.78 is 27.6. The highest BCUT2D eigenvalue weighted by molar-refractivity contribution is 8.01. The van der Waals surface area contributed by atoms with Gasteiger partial charge in [0.25, 0.3) is 0 Å².